The molecule has 1 atom stereocenters. The van der Waals surface area contributed by atoms with Gasteiger partial charge in [0, 0.05) is 18.2 Å². The molecule has 152 valence electrons. The van der Waals surface area contributed by atoms with Crippen molar-refractivity contribution in [3.05, 3.63) is 33.9 Å². The summed E-state index contributed by atoms with van der Waals surface area (Å²) in [4.78, 5) is 10.6. The number of terminal acetylenes is 1. The Kier molecular flexibility index (Phi) is 10.4. The first-order valence-electron chi connectivity index (χ1n) is 8.86. The Bertz CT molecular complexity index is 719. The van der Waals surface area contributed by atoms with Crippen molar-refractivity contribution in [2.24, 2.45) is 0 Å². The number of rotatable bonds is 12. The summed E-state index contributed by atoms with van der Waals surface area (Å²) in [5.74, 6) is 2.39. The highest BCUT2D eigenvalue weighted by Crippen LogP contribution is 2.46. The van der Waals surface area contributed by atoms with Crippen LogP contribution in [0.4, 0.5) is 5.69 Å². The average molecular weight is 407 g/mol. The fourth-order valence-electron chi connectivity index (χ4n) is 2.48. The third kappa shape index (κ3) is 7.42. The second kappa shape index (κ2) is 12.3. The molecule has 0 fully saturated rings. The predicted molar refractivity (Wildman–Crippen MR) is 107 cm³/mol. The number of hydrogen-bond acceptors (Lipinski definition) is 7. The van der Waals surface area contributed by atoms with E-state index in [0.717, 1.165) is 0 Å². The number of nitro benzene ring substituents is 1. The Morgan fingerprint density at radius 2 is 1.96 bits per heavy atom. The summed E-state index contributed by atoms with van der Waals surface area (Å²) in [6.07, 6.45) is 5.45. The fourth-order valence-corrected chi connectivity index (χ4v) is 4.08. The molecule has 1 aromatic rings. The summed E-state index contributed by atoms with van der Waals surface area (Å²) < 4.78 is 19.2. The Morgan fingerprint density at radius 3 is 2.50 bits per heavy atom. The molecule has 0 aromatic heterocycles. The zero-order valence-electron chi connectivity index (χ0n) is 16.6. The van der Waals surface area contributed by atoms with Crippen LogP contribution >= 0.6 is 8.53 Å². The van der Waals surface area contributed by atoms with E-state index in [0.29, 0.717) is 5.56 Å². The molecule has 0 heterocycles. The Hall–Kier alpha value is -2.22. The van der Waals surface area contributed by atoms with Gasteiger partial charge in [0.15, 0.2) is 5.75 Å². The van der Waals surface area contributed by atoms with E-state index in [1.165, 1.54) is 6.07 Å². The molecule has 1 unspecified atom stereocenters. The molecule has 0 radical (unpaired) electrons. The molecule has 1 rings (SSSR count). The highest BCUT2D eigenvalue weighted by atomic mass is 31.2. The highest BCUT2D eigenvalue weighted by Gasteiger charge is 2.27. The Balaban J connectivity index is 2.97. The molecule has 8 nitrogen and oxygen atoms in total. The molecule has 0 aliphatic heterocycles. The van der Waals surface area contributed by atoms with Crippen LogP contribution in [-0.2, 0) is 15.7 Å². The third-order valence-corrected chi connectivity index (χ3v) is 5.59. The smallest absolute Gasteiger partial charge is 0.310 e. The van der Waals surface area contributed by atoms with Gasteiger partial charge in [-0.05, 0) is 45.4 Å². The van der Waals surface area contributed by atoms with Crippen LogP contribution in [0.15, 0.2) is 18.2 Å². The van der Waals surface area contributed by atoms with Gasteiger partial charge in [0.2, 0.25) is 0 Å². The van der Waals surface area contributed by atoms with Gasteiger partial charge in [0.25, 0.3) is 8.53 Å². The van der Waals surface area contributed by atoms with Crippen LogP contribution in [0.1, 0.15) is 39.7 Å². The van der Waals surface area contributed by atoms with Crippen LogP contribution in [-0.4, -0.2) is 34.9 Å². The quantitative estimate of drug-likeness (QED) is 0.166. The lowest BCUT2D eigenvalue weighted by Gasteiger charge is -2.35. The zero-order valence-corrected chi connectivity index (χ0v) is 17.5. The van der Waals surface area contributed by atoms with Gasteiger partial charge in [-0.25, -0.2) is 4.67 Å². The van der Waals surface area contributed by atoms with Gasteiger partial charge in [-0.15, -0.1) is 6.42 Å². The number of nitrogens with zero attached hydrogens (tertiary/aromatic N) is 3. The van der Waals surface area contributed by atoms with E-state index < -0.39 is 13.4 Å². The van der Waals surface area contributed by atoms with Crippen molar-refractivity contribution in [2.75, 3.05) is 13.2 Å². The van der Waals surface area contributed by atoms with E-state index >= 15 is 0 Å². The molecule has 0 amide bonds. The molecule has 0 bridgehead atoms. The van der Waals surface area contributed by atoms with E-state index in [4.69, 9.17) is 25.5 Å². The van der Waals surface area contributed by atoms with E-state index in [1.54, 1.807) is 12.1 Å². The summed E-state index contributed by atoms with van der Waals surface area (Å²) in [5.41, 5.74) is 0.541. The standard InChI is InChI=1S/C19H26N3O5P/c1-6-11-25-19-13-17(8-9-18(19)22(23)24)14-27-28(26-12-7-10-20)21(15(2)3)16(4)5/h1,8-9,13,15-16H,7,11-12,14H2,2-5H3. The summed E-state index contributed by atoms with van der Waals surface area (Å²) >= 11 is 0. The first-order chi connectivity index (χ1) is 13.3. The second-order valence-electron chi connectivity index (χ2n) is 6.37. The number of benzene rings is 1. The number of hydrogen-bond donors (Lipinski definition) is 0. The van der Waals surface area contributed by atoms with Crippen LogP contribution in [0.3, 0.4) is 0 Å². The van der Waals surface area contributed by atoms with Crippen molar-refractivity contribution in [2.45, 2.75) is 52.8 Å². The average Bonchev–Trinajstić information content (AvgIpc) is 2.63. The zero-order chi connectivity index (χ0) is 21.1. The van der Waals surface area contributed by atoms with Gasteiger partial charge < -0.3 is 13.8 Å². The molecule has 0 spiro atoms. The lowest BCUT2D eigenvalue weighted by atomic mass is 10.2. The normalized spacial score (nSPS) is 12.0. The molecule has 0 saturated carbocycles. The van der Waals surface area contributed by atoms with Gasteiger partial charge in [-0.2, -0.15) is 5.26 Å². The monoisotopic (exact) mass is 407 g/mol. The van der Waals surface area contributed by atoms with Gasteiger partial charge in [0.05, 0.1) is 30.6 Å². The minimum atomic E-state index is -1.40. The molecule has 0 saturated heterocycles. The summed E-state index contributed by atoms with van der Waals surface area (Å²) in [5, 5.41) is 19.9. The van der Waals surface area contributed by atoms with Crippen molar-refractivity contribution >= 4 is 14.2 Å². The minimum absolute atomic E-state index is 0.0659. The van der Waals surface area contributed by atoms with Gasteiger partial charge in [-0.3, -0.25) is 10.1 Å². The Morgan fingerprint density at radius 1 is 1.29 bits per heavy atom. The lowest BCUT2D eigenvalue weighted by molar-refractivity contribution is -0.385. The molecular weight excluding hydrogens is 381 g/mol. The van der Waals surface area contributed by atoms with Crippen molar-refractivity contribution in [3.8, 4) is 24.2 Å². The predicted octanol–water partition coefficient (Wildman–Crippen LogP) is 4.40. The van der Waals surface area contributed by atoms with E-state index in [1.807, 2.05) is 27.7 Å². The molecule has 0 aliphatic carbocycles. The van der Waals surface area contributed by atoms with Crippen molar-refractivity contribution < 1.29 is 18.7 Å². The summed E-state index contributed by atoms with van der Waals surface area (Å²) in [6.45, 7) is 8.57. The fraction of sp³-hybridized carbons (Fsp3) is 0.526. The van der Waals surface area contributed by atoms with Crippen LogP contribution in [0.5, 0.6) is 5.75 Å². The van der Waals surface area contributed by atoms with E-state index in [2.05, 4.69) is 16.7 Å². The molecule has 28 heavy (non-hydrogen) atoms. The van der Waals surface area contributed by atoms with Gasteiger partial charge in [0.1, 0.15) is 6.61 Å². The molecular formula is C19H26N3O5P. The minimum Gasteiger partial charge on any atom is -0.474 e. The maximum Gasteiger partial charge on any atom is 0.310 e. The van der Waals surface area contributed by atoms with Crippen LogP contribution in [0.25, 0.3) is 0 Å². The first kappa shape index (κ1) is 23.8. The van der Waals surface area contributed by atoms with Crippen molar-refractivity contribution in [1.29, 1.82) is 5.26 Å². The Labute approximate surface area is 167 Å². The summed E-state index contributed by atoms with van der Waals surface area (Å²) in [6, 6.07) is 6.94. The van der Waals surface area contributed by atoms with Gasteiger partial charge >= 0.3 is 5.69 Å². The molecule has 0 aliphatic rings. The second-order valence-corrected chi connectivity index (χ2v) is 7.83. The van der Waals surface area contributed by atoms with E-state index in [9.17, 15) is 10.1 Å². The molecule has 1 aromatic carbocycles. The van der Waals surface area contributed by atoms with Gasteiger partial charge in [-0.1, -0.05) is 5.92 Å². The summed E-state index contributed by atoms with van der Waals surface area (Å²) in [7, 11) is -1.40. The van der Waals surface area contributed by atoms with Crippen molar-refractivity contribution in [1.82, 2.24) is 4.67 Å². The van der Waals surface area contributed by atoms with Crippen molar-refractivity contribution in [3.63, 3.8) is 0 Å². The van der Waals surface area contributed by atoms with Crippen LogP contribution in [0, 0.1) is 33.8 Å². The van der Waals surface area contributed by atoms with E-state index in [-0.39, 0.29) is 49.8 Å². The third-order valence-electron chi connectivity index (χ3n) is 3.54. The largest absolute Gasteiger partial charge is 0.474 e. The highest BCUT2D eigenvalue weighted by molar-refractivity contribution is 7.44. The van der Waals surface area contributed by atoms with Crippen LogP contribution < -0.4 is 4.74 Å². The molecule has 9 heteroatoms. The topological polar surface area (TPSA) is 97.9 Å². The number of nitriles is 1. The lowest BCUT2D eigenvalue weighted by Crippen LogP contribution is -2.33. The molecule has 0 N–H and O–H groups in total. The SMILES string of the molecule is C#CCOc1cc(COP(OCCC#N)N(C(C)C)C(C)C)ccc1[N+](=O)[O-]. The number of nitro groups is 1. The first-order valence-corrected chi connectivity index (χ1v) is 9.99. The maximum absolute atomic E-state index is 11.1. The number of ether oxygens (including phenoxy) is 1. The maximum atomic E-state index is 11.1. The van der Waals surface area contributed by atoms with Crippen LogP contribution in [0.2, 0.25) is 0 Å².